The first-order valence-corrected chi connectivity index (χ1v) is 9.31. The molecule has 1 atom stereocenters. The number of nitrogens with zero attached hydrogens (tertiary/aromatic N) is 1. The van der Waals surface area contributed by atoms with Crippen molar-refractivity contribution >= 4 is 22.8 Å². The van der Waals surface area contributed by atoms with Crippen molar-refractivity contribution in [1.82, 2.24) is 10.2 Å². The summed E-state index contributed by atoms with van der Waals surface area (Å²) in [5.74, 6) is 1.27. The first-order valence-electron chi connectivity index (χ1n) is 9.31. The highest BCUT2D eigenvalue weighted by Crippen LogP contribution is 2.31. The standard InChI is InChI=1S/C20H26N2O4/c1-3-25-16-9-7-8-15-12-17(26-20(15)16)14(2)21-18(23)13-22-11-6-4-5-10-19(22)24/h7-9,12,14H,3-6,10-11,13H2,1-2H3,(H,21,23). The Balaban J connectivity index is 1.66. The zero-order valence-corrected chi connectivity index (χ0v) is 15.4. The minimum absolute atomic E-state index is 0.0652. The average molecular weight is 358 g/mol. The Morgan fingerprint density at radius 2 is 2.19 bits per heavy atom. The third-order valence-electron chi connectivity index (χ3n) is 4.64. The van der Waals surface area contributed by atoms with Crippen molar-refractivity contribution in [3.05, 3.63) is 30.0 Å². The fourth-order valence-corrected chi connectivity index (χ4v) is 3.28. The van der Waals surface area contributed by atoms with Gasteiger partial charge in [-0.2, -0.15) is 0 Å². The third kappa shape index (κ3) is 4.18. The lowest BCUT2D eigenvalue weighted by molar-refractivity contribution is -0.135. The van der Waals surface area contributed by atoms with Crippen molar-refractivity contribution < 1.29 is 18.7 Å². The van der Waals surface area contributed by atoms with Gasteiger partial charge in [-0.3, -0.25) is 9.59 Å². The Hall–Kier alpha value is -2.50. The van der Waals surface area contributed by atoms with Crippen molar-refractivity contribution in [3.8, 4) is 5.75 Å². The molecule has 1 aromatic heterocycles. The first kappa shape index (κ1) is 18.3. The second kappa shape index (κ2) is 8.25. The lowest BCUT2D eigenvalue weighted by Gasteiger charge is -2.21. The van der Waals surface area contributed by atoms with Crippen LogP contribution in [0.15, 0.2) is 28.7 Å². The Morgan fingerprint density at radius 3 is 3.00 bits per heavy atom. The van der Waals surface area contributed by atoms with E-state index in [1.54, 1.807) is 4.90 Å². The van der Waals surface area contributed by atoms with Crippen molar-refractivity contribution in [2.45, 2.75) is 45.6 Å². The normalized spacial score (nSPS) is 16.4. The number of benzene rings is 1. The quantitative estimate of drug-likeness (QED) is 0.859. The van der Waals surface area contributed by atoms with Crippen molar-refractivity contribution in [2.75, 3.05) is 19.7 Å². The van der Waals surface area contributed by atoms with Gasteiger partial charge in [0.05, 0.1) is 19.2 Å². The number of ether oxygens (including phenoxy) is 1. The molecule has 1 unspecified atom stereocenters. The van der Waals surface area contributed by atoms with Crippen LogP contribution in [0.4, 0.5) is 0 Å². The number of furan rings is 1. The molecule has 6 heteroatoms. The summed E-state index contributed by atoms with van der Waals surface area (Å²) in [4.78, 5) is 26.1. The number of hydrogen-bond donors (Lipinski definition) is 1. The van der Waals surface area contributed by atoms with E-state index in [-0.39, 0.29) is 24.4 Å². The van der Waals surface area contributed by atoms with E-state index < -0.39 is 0 Å². The summed E-state index contributed by atoms with van der Waals surface area (Å²) in [6.07, 6.45) is 3.45. The Kier molecular flexibility index (Phi) is 5.81. The lowest BCUT2D eigenvalue weighted by atomic mass is 10.2. The predicted molar refractivity (Wildman–Crippen MR) is 99.0 cm³/mol. The number of carbonyl (C=O) groups excluding carboxylic acids is 2. The molecule has 1 N–H and O–H groups in total. The number of rotatable bonds is 6. The van der Waals surface area contributed by atoms with E-state index in [2.05, 4.69) is 5.32 Å². The predicted octanol–water partition coefficient (Wildman–Crippen LogP) is 3.41. The van der Waals surface area contributed by atoms with E-state index in [0.29, 0.717) is 36.7 Å². The molecule has 0 bridgehead atoms. The van der Waals surface area contributed by atoms with Crippen LogP contribution in [0.5, 0.6) is 5.75 Å². The molecule has 1 aromatic carbocycles. The summed E-state index contributed by atoms with van der Waals surface area (Å²) >= 11 is 0. The first-order chi connectivity index (χ1) is 12.6. The maximum Gasteiger partial charge on any atom is 0.240 e. The number of amides is 2. The van der Waals surface area contributed by atoms with Crippen LogP contribution >= 0.6 is 0 Å². The maximum atomic E-state index is 12.4. The SMILES string of the molecule is CCOc1cccc2cc(C(C)NC(=O)CN3CCCCCC3=O)oc12. The molecule has 1 fully saturated rings. The van der Waals surface area contributed by atoms with Crippen LogP contribution in [-0.2, 0) is 9.59 Å². The van der Waals surface area contributed by atoms with Gasteiger partial charge in [0.15, 0.2) is 11.3 Å². The molecule has 0 aliphatic carbocycles. The molecule has 1 aliphatic rings. The van der Waals surface area contributed by atoms with Crippen LogP contribution in [0.1, 0.15) is 51.3 Å². The molecule has 6 nitrogen and oxygen atoms in total. The van der Waals surface area contributed by atoms with Crippen LogP contribution in [0.25, 0.3) is 11.0 Å². The highest BCUT2D eigenvalue weighted by Gasteiger charge is 2.21. The summed E-state index contributed by atoms with van der Waals surface area (Å²) in [6.45, 7) is 5.12. The Bertz CT molecular complexity index is 783. The van der Waals surface area contributed by atoms with Gasteiger partial charge in [0.25, 0.3) is 0 Å². The van der Waals surface area contributed by atoms with Crippen LogP contribution < -0.4 is 10.1 Å². The van der Waals surface area contributed by atoms with Gasteiger partial charge >= 0.3 is 0 Å². The van der Waals surface area contributed by atoms with Crippen molar-refractivity contribution in [2.24, 2.45) is 0 Å². The number of likely N-dealkylation sites (tertiary alicyclic amines) is 1. The zero-order chi connectivity index (χ0) is 18.5. The average Bonchev–Trinajstić information content (AvgIpc) is 2.96. The monoisotopic (exact) mass is 358 g/mol. The number of nitrogens with one attached hydrogen (secondary N) is 1. The Labute approximate surface area is 153 Å². The smallest absolute Gasteiger partial charge is 0.240 e. The largest absolute Gasteiger partial charge is 0.490 e. The maximum absolute atomic E-state index is 12.4. The molecule has 2 aromatic rings. The van der Waals surface area contributed by atoms with E-state index in [1.807, 2.05) is 38.1 Å². The number of para-hydroxylation sites is 1. The highest BCUT2D eigenvalue weighted by atomic mass is 16.5. The summed E-state index contributed by atoms with van der Waals surface area (Å²) < 4.78 is 11.5. The second-order valence-electron chi connectivity index (χ2n) is 6.67. The zero-order valence-electron chi connectivity index (χ0n) is 15.4. The van der Waals surface area contributed by atoms with Gasteiger partial charge < -0.3 is 19.4 Å². The molecule has 1 aliphatic heterocycles. The molecule has 140 valence electrons. The fraction of sp³-hybridized carbons (Fsp3) is 0.500. The van der Waals surface area contributed by atoms with Gasteiger partial charge in [-0.05, 0) is 38.8 Å². The number of carbonyl (C=O) groups is 2. The topological polar surface area (TPSA) is 71.8 Å². The van der Waals surface area contributed by atoms with Gasteiger partial charge in [-0.1, -0.05) is 18.6 Å². The van der Waals surface area contributed by atoms with Gasteiger partial charge in [-0.15, -0.1) is 0 Å². The van der Waals surface area contributed by atoms with Crippen LogP contribution in [-0.4, -0.2) is 36.4 Å². The molecule has 2 amide bonds. The molecule has 3 rings (SSSR count). The molecule has 0 spiro atoms. The van der Waals surface area contributed by atoms with E-state index in [1.165, 1.54) is 0 Å². The summed E-state index contributed by atoms with van der Waals surface area (Å²) in [5, 5.41) is 3.87. The van der Waals surface area contributed by atoms with Crippen molar-refractivity contribution in [1.29, 1.82) is 0 Å². The van der Waals surface area contributed by atoms with Gasteiger partial charge in [0.1, 0.15) is 5.76 Å². The fourth-order valence-electron chi connectivity index (χ4n) is 3.28. The minimum Gasteiger partial charge on any atom is -0.490 e. The molecular weight excluding hydrogens is 332 g/mol. The van der Waals surface area contributed by atoms with Crippen LogP contribution in [0.3, 0.4) is 0 Å². The number of hydrogen-bond acceptors (Lipinski definition) is 4. The van der Waals surface area contributed by atoms with Gasteiger partial charge in [0.2, 0.25) is 11.8 Å². The van der Waals surface area contributed by atoms with E-state index >= 15 is 0 Å². The van der Waals surface area contributed by atoms with Crippen molar-refractivity contribution in [3.63, 3.8) is 0 Å². The molecule has 0 radical (unpaired) electrons. The molecule has 26 heavy (non-hydrogen) atoms. The minimum atomic E-state index is -0.286. The summed E-state index contributed by atoms with van der Waals surface area (Å²) in [6, 6.07) is 7.37. The lowest BCUT2D eigenvalue weighted by Crippen LogP contribution is -2.41. The van der Waals surface area contributed by atoms with E-state index in [0.717, 1.165) is 24.6 Å². The van der Waals surface area contributed by atoms with E-state index in [4.69, 9.17) is 9.15 Å². The van der Waals surface area contributed by atoms with E-state index in [9.17, 15) is 9.59 Å². The molecule has 2 heterocycles. The second-order valence-corrected chi connectivity index (χ2v) is 6.67. The number of fused-ring (bicyclic) bond motifs is 1. The van der Waals surface area contributed by atoms with Crippen LogP contribution in [0, 0.1) is 0 Å². The molecular formula is C20H26N2O4. The molecule has 0 saturated carbocycles. The summed E-state index contributed by atoms with van der Waals surface area (Å²) in [7, 11) is 0. The van der Waals surface area contributed by atoms with Gasteiger partial charge in [-0.25, -0.2) is 0 Å². The Morgan fingerprint density at radius 1 is 1.35 bits per heavy atom. The van der Waals surface area contributed by atoms with Crippen LogP contribution in [0.2, 0.25) is 0 Å². The highest BCUT2D eigenvalue weighted by molar-refractivity contribution is 5.86. The molecule has 1 saturated heterocycles. The third-order valence-corrected chi connectivity index (χ3v) is 4.64. The summed E-state index contributed by atoms with van der Waals surface area (Å²) in [5.41, 5.74) is 0.688. The van der Waals surface area contributed by atoms with Gasteiger partial charge in [0, 0.05) is 18.4 Å².